The molecule has 27 heavy (non-hydrogen) atoms. The molecule has 140 valence electrons. The van der Waals surface area contributed by atoms with Gasteiger partial charge in [-0.1, -0.05) is 37.6 Å². The van der Waals surface area contributed by atoms with Crippen molar-refractivity contribution in [1.29, 1.82) is 0 Å². The zero-order chi connectivity index (χ0) is 19.2. The normalized spacial score (nSPS) is 11.1. The van der Waals surface area contributed by atoms with E-state index in [1.165, 1.54) is 0 Å². The maximum absolute atomic E-state index is 5.49. The Morgan fingerprint density at radius 2 is 1.85 bits per heavy atom. The van der Waals surface area contributed by atoms with Gasteiger partial charge in [-0.15, -0.1) is 0 Å². The molecule has 3 aromatic rings. The van der Waals surface area contributed by atoms with Crippen LogP contribution in [0.1, 0.15) is 19.8 Å². The fourth-order valence-corrected chi connectivity index (χ4v) is 2.68. The first-order chi connectivity index (χ1) is 13.1. The number of hydrogen-bond donors (Lipinski definition) is 1. The number of methoxy groups -OCH3 is 1. The highest BCUT2D eigenvalue weighted by atomic mass is 16.5. The fourth-order valence-electron chi connectivity index (χ4n) is 2.68. The number of fused-ring (bicyclic) bond motifs is 1. The SMILES string of the molecule is CCC/C=N/Nc1nc(-c2ccc(OC)c3ccccc23)nc(N(C)C)n1. The van der Waals surface area contributed by atoms with Crippen LogP contribution >= 0.6 is 0 Å². The van der Waals surface area contributed by atoms with Gasteiger partial charge in [0.05, 0.1) is 7.11 Å². The monoisotopic (exact) mass is 364 g/mol. The molecular weight excluding hydrogens is 340 g/mol. The number of anilines is 2. The molecular formula is C20H24N6O. The number of hydrogen-bond acceptors (Lipinski definition) is 7. The maximum Gasteiger partial charge on any atom is 0.248 e. The van der Waals surface area contributed by atoms with Crippen molar-refractivity contribution in [1.82, 2.24) is 15.0 Å². The van der Waals surface area contributed by atoms with Gasteiger partial charge in [0.25, 0.3) is 0 Å². The van der Waals surface area contributed by atoms with E-state index in [2.05, 4.69) is 32.4 Å². The zero-order valence-corrected chi connectivity index (χ0v) is 16.1. The van der Waals surface area contributed by atoms with Crippen molar-refractivity contribution in [2.24, 2.45) is 5.10 Å². The molecule has 0 aliphatic rings. The summed E-state index contributed by atoms with van der Waals surface area (Å²) in [6.07, 6.45) is 3.75. The number of hydrazone groups is 1. The molecule has 3 rings (SSSR count). The predicted molar refractivity (Wildman–Crippen MR) is 111 cm³/mol. The Labute approximate surface area is 159 Å². The minimum Gasteiger partial charge on any atom is -0.496 e. The van der Waals surface area contributed by atoms with Gasteiger partial charge >= 0.3 is 0 Å². The smallest absolute Gasteiger partial charge is 0.248 e. The Morgan fingerprint density at radius 1 is 1.07 bits per heavy atom. The molecule has 0 radical (unpaired) electrons. The van der Waals surface area contributed by atoms with Crippen LogP contribution in [0.25, 0.3) is 22.2 Å². The number of rotatable bonds is 7. The van der Waals surface area contributed by atoms with Crippen molar-refractivity contribution in [3.63, 3.8) is 0 Å². The van der Waals surface area contributed by atoms with Crippen LogP contribution in [0.3, 0.4) is 0 Å². The number of benzene rings is 2. The molecule has 0 spiro atoms. The Kier molecular flexibility index (Phi) is 5.80. The van der Waals surface area contributed by atoms with E-state index in [-0.39, 0.29) is 0 Å². The van der Waals surface area contributed by atoms with E-state index < -0.39 is 0 Å². The number of nitrogens with zero attached hydrogens (tertiary/aromatic N) is 5. The molecule has 0 aliphatic heterocycles. The van der Waals surface area contributed by atoms with E-state index in [0.29, 0.717) is 17.7 Å². The van der Waals surface area contributed by atoms with Crippen LogP contribution in [0.5, 0.6) is 5.75 Å². The second-order valence-electron chi connectivity index (χ2n) is 6.25. The summed E-state index contributed by atoms with van der Waals surface area (Å²) in [6, 6.07) is 12.0. The molecule has 0 saturated heterocycles. The van der Waals surface area contributed by atoms with Crippen molar-refractivity contribution >= 4 is 28.9 Å². The van der Waals surface area contributed by atoms with Crippen LogP contribution in [0.4, 0.5) is 11.9 Å². The average Bonchev–Trinajstić information content (AvgIpc) is 2.70. The van der Waals surface area contributed by atoms with Gasteiger partial charge in [0.1, 0.15) is 5.75 Å². The third-order valence-electron chi connectivity index (χ3n) is 4.04. The third kappa shape index (κ3) is 4.13. The summed E-state index contributed by atoms with van der Waals surface area (Å²) in [6.45, 7) is 2.10. The molecule has 7 heteroatoms. The van der Waals surface area contributed by atoms with Gasteiger partial charge in [-0.2, -0.15) is 20.1 Å². The highest BCUT2D eigenvalue weighted by molar-refractivity contribution is 5.99. The topological polar surface area (TPSA) is 75.5 Å². The van der Waals surface area contributed by atoms with E-state index in [4.69, 9.17) is 4.74 Å². The number of nitrogens with one attached hydrogen (secondary N) is 1. The molecule has 0 saturated carbocycles. The quantitative estimate of drug-likeness (QED) is 0.505. The first-order valence-electron chi connectivity index (χ1n) is 8.91. The molecule has 0 amide bonds. The molecule has 1 heterocycles. The van der Waals surface area contributed by atoms with Crippen LogP contribution in [0, 0.1) is 0 Å². The summed E-state index contributed by atoms with van der Waals surface area (Å²) in [5.41, 5.74) is 3.83. The van der Waals surface area contributed by atoms with Crippen molar-refractivity contribution in [2.45, 2.75) is 19.8 Å². The summed E-state index contributed by atoms with van der Waals surface area (Å²) in [4.78, 5) is 15.5. The van der Waals surface area contributed by atoms with Gasteiger partial charge in [-0.3, -0.25) is 0 Å². The van der Waals surface area contributed by atoms with Crippen LogP contribution in [-0.4, -0.2) is 42.4 Å². The molecule has 0 atom stereocenters. The van der Waals surface area contributed by atoms with Gasteiger partial charge < -0.3 is 9.64 Å². The first kappa shape index (κ1) is 18.6. The van der Waals surface area contributed by atoms with E-state index in [9.17, 15) is 0 Å². The summed E-state index contributed by atoms with van der Waals surface area (Å²) in [5, 5.41) is 6.23. The van der Waals surface area contributed by atoms with Gasteiger partial charge in [-0.05, 0) is 23.9 Å². The predicted octanol–water partition coefficient (Wildman–Crippen LogP) is 3.96. The molecule has 1 aromatic heterocycles. The standard InChI is InChI=1S/C20H24N6O/c1-5-6-13-21-25-19-22-18(23-20(24-19)26(2)3)16-11-12-17(27-4)15-10-8-7-9-14(15)16/h7-13H,5-6H2,1-4H3,(H,22,23,24,25)/b21-13+. The summed E-state index contributed by atoms with van der Waals surface area (Å²) >= 11 is 0. The Balaban J connectivity index is 2.11. The molecule has 0 fully saturated rings. The van der Waals surface area contributed by atoms with E-state index in [0.717, 1.165) is 34.9 Å². The van der Waals surface area contributed by atoms with Crippen molar-refractivity contribution in [3.05, 3.63) is 36.4 Å². The Morgan fingerprint density at radius 3 is 2.56 bits per heavy atom. The lowest BCUT2D eigenvalue weighted by Gasteiger charge is -2.14. The second-order valence-corrected chi connectivity index (χ2v) is 6.25. The molecule has 0 bridgehead atoms. The van der Waals surface area contributed by atoms with Crippen LogP contribution in [-0.2, 0) is 0 Å². The number of ether oxygens (including phenoxy) is 1. The average molecular weight is 364 g/mol. The van der Waals surface area contributed by atoms with Gasteiger partial charge in [0.2, 0.25) is 11.9 Å². The first-order valence-corrected chi connectivity index (χ1v) is 8.91. The Hall–Kier alpha value is -3.22. The minimum atomic E-state index is 0.413. The molecule has 2 aromatic carbocycles. The van der Waals surface area contributed by atoms with Gasteiger partial charge in [0.15, 0.2) is 5.82 Å². The minimum absolute atomic E-state index is 0.413. The largest absolute Gasteiger partial charge is 0.496 e. The van der Waals surface area contributed by atoms with Crippen molar-refractivity contribution < 1.29 is 4.74 Å². The summed E-state index contributed by atoms with van der Waals surface area (Å²) in [7, 11) is 5.47. The second kappa shape index (κ2) is 8.44. The number of aromatic nitrogens is 3. The molecule has 0 aliphatic carbocycles. The van der Waals surface area contributed by atoms with E-state index >= 15 is 0 Å². The van der Waals surface area contributed by atoms with Crippen LogP contribution in [0.2, 0.25) is 0 Å². The number of unbranched alkanes of at least 4 members (excludes halogenated alkanes) is 1. The van der Waals surface area contributed by atoms with E-state index in [1.54, 1.807) is 7.11 Å². The fraction of sp³-hybridized carbons (Fsp3) is 0.300. The highest BCUT2D eigenvalue weighted by Gasteiger charge is 2.14. The summed E-state index contributed by atoms with van der Waals surface area (Å²) < 4.78 is 5.49. The van der Waals surface area contributed by atoms with Gasteiger partial charge in [-0.25, -0.2) is 5.43 Å². The molecule has 0 unspecified atom stereocenters. The van der Waals surface area contributed by atoms with Crippen molar-refractivity contribution in [2.75, 3.05) is 31.5 Å². The zero-order valence-electron chi connectivity index (χ0n) is 16.1. The lowest BCUT2D eigenvalue weighted by Crippen LogP contribution is -2.15. The maximum atomic E-state index is 5.49. The molecule has 1 N–H and O–H groups in total. The lowest BCUT2D eigenvalue weighted by molar-refractivity contribution is 0.420. The highest BCUT2D eigenvalue weighted by Crippen LogP contribution is 2.33. The summed E-state index contributed by atoms with van der Waals surface area (Å²) in [5.74, 6) is 2.38. The van der Waals surface area contributed by atoms with Crippen LogP contribution in [0.15, 0.2) is 41.5 Å². The third-order valence-corrected chi connectivity index (χ3v) is 4.04. The van der Waals surface area contributed by atoms with Crippen molar-refractivity contribution in [3.8, 4) is 17.1 Å². The van der Waals surface area contributed by atoms with E-state index in [1.807, 2.05) is 61.6 Å². The molecule has 7 nitrogen and oxygen atoms in total. The Bertz CT molecular complexity index is 954. The van der Waals surface area contributed by atoms with Crippen LogP contribution < -0.4 is 15.1 Å². The van der Waals surface area contributed by atoms with Gasteiger partial charge in [0, 0.05) is 31.3 Å². The lowest BCUT2D eigenvalue weighted by atomic mass is 10.0.